The van der Waals surface area contributed by atoms with Gasteiger partial charge in [-0.15, -0.1) is 11.3 Å². The van der Waals surface area contributed by atoms with E-state index in [9.17, 15) is 9.59 Å². The monoisotopic (exact) mass is 415 g/mol. The molecule has 0 atom stereocenters. The molecule has 3 rings (SSSR count). The molecule has 0 bridgehead atoms. The minimum absolute atomic E-state index is 0.303. The lowest BCUT2D eigenvalue weighted by atomic mass is 10.0. The van der Waals surface area contributed by atoms with Crippen molar-refractivity contribution < 1.29 is 19.1 Å². The molecule has 0 aliphatic carbocycles. The van der Waals surface area contributed by atoms with Crippen molar-refractivity contribution in [3.8, 4) is 16.9 Å². The summed E-state index contributed by atoms with van der Waals surface area (Å²) in [5.74, 6) is -0.407. The van der Waals surface area contributed by atoms with Crippen molar-refractivity contribution in [2.45, 2.75) is 6.92 Å². The highest BCUT2D eigenvalue weighted by atomic mass is 35.5. The fourth-order valence-corrected chi connectivity index (χ4v) is 3.78. The largest absolute Gasteiger partial charge is 0.493 e. The minimum Gasteiger partial charge on any atom is -0.493 e. The molecule has 1 N–H and O–H groups in total. The van der Waals surface area contributed by atoms with Gasteiger partial charge in [-0.25, -0.2) is 4.79 Å². The third kappa shape index (κ3) is 4.18. The molecule has 0 aliphatic heterocycles. The summed E-state index contributed by atoms with van der Waals surface area (Å²) >= 11 is 7.21. The molecule has 3 aromatic rings. The fraction of sp³-hybridized carbons (Fsp3) is 0.143. The first kappa shape index (κ1) is 19.9. The number of benzene rings is 2. The van der Waals surface area contributed by atoms with Crippen LogP contribution in [-0.2, 0) is 4.74 Å². The van der Waals surface area contributed by atoms with Crippen LogP contribution < -0.4 is 10.1 Å². The molecule has 7 heteroatoms. The summed E-state index contributed by atoms with van der Waals surface area (Å²) in [6, 6.07) is 14.1. The van der Waals surface area contributed by atoms with Crippen LogP contribution in [0.4, 0.5) is 5.00 Å². The molecule has 1 amide bonds. The third-order valence-electron chi connectivity index (χ3n) is 3.99. The van der Waals surface area contributed by atoms with E-state index < -0.39 is 5.97 Å². The zero-order chi connectivity index (χ0) is 20.1. The number of thiophene rings is 1. The Bertz CT molecular complexity index is 998. The first-order valence-corrected chi connectivity index (χ1v) is 9.79. The molecule has 28 heavy (non-hydrogen) atoms. The molecular weight excluding hydrogens is 398 g/mol. The summed E-state index contributed by atoms with van der Waals surface area (Å²) in [6.45, 7) is 2.29. The van der Waals surface area contributed by atoms with E-state index in [1.807, 2.05) is 19.1 Å². The van der Waals surface area contributed by atoms with Crippen LogP contribution in [0.5, 0.6) is 5.75 Å². The van der Waals surface area contributed by atoms with Gasteiger partial charge in [0.15, 0.2) is 0 Å². The van der Waals surface area contributed by atoms with Crippen molar-refractivity contribution >= 4 is 39.8 Å². The number of ether oxygens (including phenoxy) is 2. The van der Waals surface area contributed by atoms with Crippen LogP contribution in [0.1, 0.15) is 27.6 Å². The maximum absolute atomic E-state index is 12.8. The van der Waals surface area contributed by atoms with Crippen molar-refractivity contribution in [1.29, 1.82) is 0 Å². The number of rotatable bonds is 6. The van der Waals surface area contributed by atoms with E-state index in [0.717, 1.165) is 5.56 Å². The maximum Gasteiger partial charge on any atom is 0.341 e. The lowest BCUT2D eigenvalue weighted by Crippen LogP contribution is -2.15. The summed E-state index contributed by atoms with van der Waals surface area (Å²) < 4.78 is 10.5. The van der Waals surface area contributed by atoms with Crippen molar-refractivity contribution in [2.24, 2.45) is 0 Å². The van der Waals surface area contributed by atoms with E-state index in [1.165, 1.54) is 18.4 Å². The Morgan fingerprint density at radius 1 is 1.11 bits per heavy atom. The van der Waals surface area contributed by atoms with Crippen molar-refractivity contribution in [3.05, 3.63) is 70.1 Å². The predicted molar refractivity (Wildman–Crippen MR) is 112 cm³/mol. The highest BCUT2D eigenvalue weighted by Gasteiger charge is 2.23. The summed E-state index contributed by atoms with van der Waals surface area (Å²) in [6.07, 6.45) is 0. The van der Waals surface area contributed by atoms with Crippen LogP contribution in [0.2, 0.25) is 5.02 Å². The molecule has 0 radical (unpaired) electrons. The number of hydrogen-bond donors (Lipinski definition) is 1. The van der Waals surface area contributed by atoms with Gasteiger partial charge in [-0.1, -0.05) is 35.9 Å². The van der Waals surface area contributed by atoms with E-state index in [1.54, 1.807) is 41.8 Å². The van der Waals surface area contributed by atoms with Gasteiger partial charge in [0.1, 0.15) is 16.3 Å². The van der Waals surface area contributed by atoms with Gasteiger partial charge in [0, 0.05) is 16.0 Å². The van der Waals surface area contributed by atoms with Crippen LogP contribution in [0.3, 0.4) is 0 Å². The van der Waals surface area contributed by atoms with Gasteiger partial charge in [0.25, 0.3) is 5.91 Å². The second-order valence-electron chi connectivity index (χ2n) is 5.74. The van der Waals surface area contributed by atoms with Gasteiger partial charge in [0.2, 0.25) is 0 Å². The van der Waals surface area contributed by atoms with Gasteiger partial charge >= 0.3 is 5.97 Å². The SMILES string of the molecule is CCOc1ccccc1C(=O)Nc1scc(-c2ccc(Cl)cc2)c1C(=O)OC. The maximum atomic E-state index is 12.8. The first-order valence-electron chi connectivity index (χ1n) is 8.54. The Balaban J connectivity index is 1.97. The zero-order valence-electron chi connectivity index (χ0n) is 15.3. The molecule has 0 saturated carbocycles. The highest BCUT2D eigenvalue weighted by Crippen LogP contribution is 2.37. The van der Waals surface area contributed by atoms with Crippen LogP contribution in [0, 0.1) is 0 Å². The van der Waals surface area contributed by atoms with Gasteiger partial charge < -0.3 is 14.8 Å². The number of methoxy groups -OCH3 is 1. The lowest BCUT2D eigenvalue weighted by Gasteiger charge is -2.11. The number of carbonyl (C=O) groups excluding carboxylic acids is 2. The number of amides is 1. The number of hydrogen-bond acceptors (Lipinski definition) is 5. The number of esters is 1. The van der Waals surface area contributed by atoms with E-state index in [4.69, 9.17) is 21.1 Å². The number of halogens is 1. The molecular formula is C21H18ClNO4S. The molecule has 0 saturated heterocycles. The average molecular weight is 416 g/mol. The highest BCUT2D eigenvalue weighted by molar-refractivity contribution is 7.15. The predicted octanol–water partition coefficient (Wildman–Crippen LogP) is 5.51. The smallest absolute Gasteiger partial charge is 0.341 e. The average Bonchev–Trinajstić information content (AvgIpc) is 3.12. The summed E-state index contributed by atoms with van der Waals surface area (Å²) in [5, 5.41) is 5.63. The summed E-state index contributed by atoms with van der Waals surface area (Å²) in [5.41, 5.74) is 2.16. The Labute approximate surface area is 171 Å². The van der Waals surface area contributed by atoms with Crippen LogP contribution in [0.15, 0.2) is 53.9 Å². The van der Waals surface area contributed by atoms with Gasteiger partial charge in [-0.2, -0.15) is 0 Å². The van der Waals surface area contributed by atoms with Crippen molar-refractivity contribution in [3.63, 3.8) is 0 Å². The Morgan fingerprint density at radius 2 is 1.82 bits per heavy atom. The van der Waals surface area contributed by atoms with E-state index in [-0.39, 0.29) is 5.91 Å². The summed E-state index contributed by atoms with van der Waals surface area (Å²) in [4.78, 5) is 25.2. The van der Waals surface area contributed by atoms with Gasteiger partial charge in [0.05, 0.1) is 19.3 Å². The van der Waals surface area contributed by atoms with Crippen LogP contribution >= 0.6 is 22.9 Å². The Morgan fingerprint density at radius 3 is 2.50 bits per heavy atom. The molecule has 0 spiro atoms. The van der Waals surface area contributed by atoms with Gasteiger partial charge in [-0.05, 0) is 36.8 Å². The molecule has 0 fully saturated rings. The van der Waals surface area contributed by atoms with E-state index >= 15 is 0 Å². The molecule has 0 unspecified atom stereocenters. The number of nitrogens with one attached hydrogen (secondary N) is 1. The normalized spacial score (nSPS) is 10.4. The number of carbonyl (C=O) groups is 2. The van der Waals surface area contributed by atoms with Crippen LogP contribution in [0.25, 0.3) is 11.1 Å². The second-order valence-corrected chi connectivity index (χ2v) is 7.05. The first-order chi connectivity index (χ1) is 13.5. The number of anilines is 1. The van der Waals surface area contributed by atoms with Crippen molar-refractivity contribution in [1.82, 2.24) is 0 Å². The molecule has 2 aromatic carbocycles. The number of para-hydroxylation sites is 1. The zero-order valence-corrected chi connectivity index (χ0v) is 16.9. The molecule has 1 heterocycles. The Kier molecular flexibility index (Phi) is 6.34. The van der Waals surface area contributed by atoms with E-state index in [2.05, 4.69) is 5.32 Å². The minimum atomic E-state index is -0.528. The van der Waals surface area contributed by atoms with E-state index in [0.29, 0.717) is 39.1 Å². The second kappa shape index (κ2) is 8.91. The van der Waals surface area contributed by atoms with Gasteiger partial charge in [-0.3, -0.25) is 4.79 Å². The Hall–Kier alpha value is -2.83. The quantitative estimate of drug-likeness (QED) is 0.539. The van der Waals surface area contributed by atoms with Crippen molar-refractivity contribution in [2.75, 3.05) is 19.0 Å². The molecule has 144 valence electrons. The van der Waals surface area contributed by atoms with Crippen LogP contribution in [-0.4, -0.2) is 25.6 Å². The summed E-state index contributed by atoms with van der Waals surface area (Å²) in [7, 11) is 1.31. The third-order valence-corrected chi connectivity index (χ3v) is 5.14. The standard InChI is InChI=1S/C21H18ClNO4S/c1-3-27-17-7-5-4-6-15(17)19(24)23-20-18(21(25)26-2)16(12-28-20)13-8-10-14(22)11-9-13/h4-12H,3H2,1-2H3,(H,23,24). The molecule has 5 nitrogen and oxygen atoms in total. The molecule has 1 aromatic heterocycles. The topological polar surface area (TPSA) is 64.6 Å². The lowest BCUT2D eigenvalue weighted by molar-refractivity contribution is 0.0603. The fourth-order valence-electron chi connectivity index (χ4n) is 2.70. The molecule has 0 aliphatic rings.